The van der Waals surface area contributed by atoms with Gasteiger partial charge in [-0.05, 0) is 54.6 Å². The van der Waals surface area contributed by atoms with Gasteiger partial charge in [-0.15, -0.1) is 10.2 Å². The Kier molecular flexibility index (Phi) is 15.6. The number of benzene rings is 6. The minimum absolute atomic E-state index is 0. The molecule has 264 valence electrons. The van der Waals surface area contributed by atoms with Gasteiger partial charge < -0.3 is 14.8 Å². The van der Waals surface area contributed by atoms with E-state index in [-0.39, 0.29) is 127 Å². The molecule has 0 unspecified atom stereocenters. The summed E-state index contributed by atoms with van der Waals surface area (Å²) in [6.45, 7) is 0. The van der Waals surface area contributed by atoms with Crippen LogP contribution in [-0.2, 0) is 30.4 Å². The Morgan fingerprint density at radius 3 is 1.25 bits per heavy atom. The van der Waals surface area contributed by atoms with E-state index >= 15 is 0 Å². The van der Waals surface area contributed by atoms with Crippen molar-refractivity contribution in [2.75, 3.05) is 0 Å². The molecule has 6 aromatic carbocycles. The largest absolute Gasteiger partial charge is 1.00 e. The molecule has 0 saturated heterocycles. The van der Waals surface area contributed by atoms with E-state index in [9.17, 15) is 49.1 Å². The van der Waals surface area contributed by atoms with Gasteiger partial charge in [0.2, 0.25) is 0 Å². The third-order valence-corrected chi connectivity index (χ3v) is 10.0. The van der Waals surface area contributed by atoms with Crippen LogP contribution in [0.4, 0.5) is 34.1 Å². The molecule has 6 aromatic rings. The van der Waals surface area contributed by atoms with E-state index in [1.165, 1.54) is 48.5 Å². The van der Waals surface area contributed by atoms with Crippen molar-refractivity contribution in [2.24, 2.45) is 30.7 Å². The average Bonchev–Trinajstić information content (AvgIpc) is 3.09. The third-order valence-electron chi connectivity index (χ3n) is 7.37. The van der Waals surface area contributed by atoms with E-state index in [0.717, 1.165) is 42.5 Å². The van der Waals surface area contributed by atoms with Crippen LogP contribution in [0.3, 0.4) is 0 Å². The monoisotopic (exact) mass is 828 g/mol. The van der Waals surface area contributed by atoms with Gasteiger partial charge in [0.25, 0.3) is 20.2 Å². The number of rotatable bonds is 9. The Labute approximate surface area is 379 Å². The Morgan fingerprint density at radius 2 is 0.836 bits per heavy atom. The number of nitrogens with zero attached hydrogens (tertiary/aromatic N) is 6. The van der Waals surface area contributed by atoms with Crippen molar-refractivity contribution < 1.29 is 138 Å². The molecule has 23 heteroatoms. The topological polar surface area (TPSA) is 286 Å². The van der Waals surface area contributed by atoms with E-state index in [4.69, 9.17) is 0 Å². The summed E-state index contributed by atoms with van der Waals surface area (Å²) in [7, 11) is -14.0. The van der Waals surface area contributed by atoms with Crippen molar-refractivity contribution in [3.8, 4) is 11.5 Å². The number of fused-ring (bicyclic) bond motifs is 2. The van der Waals surface area contributed by atoms with Gasteiger partial charge in [0.05, 0.1) is 39.0 Å². The minimum Gasteiger partial charge on any atom is -0.869 e. The predicted octanol–water partition coefficient (Wildman–Crippen LogP) is -2.20. The predicted molar refractivity (Wildman–Crippen MR) is 180 cm³/mol. The first-order chi connectivity index (χ1) is 24.5. The molecule has 0 aliphatic carbocycles. The molecule has 0 aromatic heterocycles. The van der Waals surface area contributed by atoms with Crippen LogP contribution in [0, 0.1) is 0 Å². The summed E-state index contributed by atoms with van der Waals surface area (Å²) in [5, 5.41) is 51.4. The zero-order valence-corrected chi connectivity index (χ0v) is 37.2. The summed E-state index contributed by atoms with van der Waals surface area (Å²) in [5.41, 5.74) is -1.71. The second-order valence-electron chi connectivity index (χ2n) is 10.7. The number of azo groups is 3. The van der Waals surface area contributed by atoms with Crippen LogP contribution in [-0.4, -0.2) is 38.9 Å². The molecule has 0 bridgehead atoms. The minimum atomic E-state index is -4.75. The Hall–Kier alpha value is -3.03. The van der Waals surface area contributed by atoms with E-state index in [2.05, 4.69) is 30.7 Å². The molecule has 0 fully saturated rings. The van der Waals surface area contributed by atoms with Gasteiger partial charge in [-0.1, -0.05) is 60.0 Å². The van der Waals surface area contributed by atoms with E-state index < -0.39 is 73.6 Å². The molecule has 0 amide bonds. The van der Waals surface area contributed by atoms with Crippen molar-refractivity contribution in [2.45, 2.75) is 14.7 Å². The van der Waals surface area contributed by atoms with Crippen molar-refractivity contribution >= 4 is 86.0 Å². The molecule has 0 atom stereocenters. The van der Waals surface area contributed by atoms with Gasteiger partial charge in [-0.3, -0.25) is 9.11 Å². The smallest absolute Gasteiger partial charge is 0.869 e. The fourth-order valence-electron chi connectivity index (χ4n) is 4.98. The number of hydrogen-bond acceptors (Lipinski definition) is 15. The Balaban J connectivity index is 0.00000271. The summed E-state index contributed by atoms with van der Waals surface area (Å²) in [6, 6.07) is 21.7. The summed E-state index contributed by atoms with van der Waals surface area (Å²) in [4.78, 5) is -1.35. The van der Waals surface area contributed by atoms with Gasteiger partial charge in [0.1, 0.15) is 19.9 Å². The van der Waals surface area contributed by atoms with E-state index in [1.807, 2.05) is 0 Å². The van der Waals surface area contributed by atoms with Crippen molar-refractivity contribution in [3.63, 3.8) is 0 Å². The first-order valence-corrected chi connectivity index (χ1v) is 18.7. The SMILES string of the molecule is O=S(=O)([O-])c1ccc(N=Nc2cc(N=Nc3ccc(S(=O)(=O)O)c4ccccc34)c([O-])c(N=Nc3ccc(S(=O)(=O)O)c4ccccc34)c2[O-])cc1.[Na+].[Na+].[Na+]. The molecular formula is C32H19N6Na3O11S3. The molecule has 0 heterocycles. The van der Waals surface area contributed by atoms with Crippen molar-refractivity contribution in [3.05, 3.63) is 103 Å². The maximum absolute atomic E-state index is 13.6. The fourth-order valence-corrected chi connectivity index (χ4v) is 6.84. The van der Waals surface area contributed by atoms with E-state index in [1.54, 1.807) is 12.1 Å². The first kappa shape index (κ1) is 46.4. The summed E-state index contributed by atoms with van der Waals surface area (Å²) in [5.74, 6) is -2.14. The normalized spacial score (nSPS) is 12.2. The summed E-state index contributed by atoms with van der Waals surface area (Å²) < 4.78 is 101. The van der Waals surface area contributed by atoms with E-state index in [0.29, 0.717) is 0 Å². The standard InChI is InChI=1S/C32H22N6O11S3.3Na/c39-31-26(36-33-18-9-11-19(12-10-18)50(41,42)43)17-27(37-34-24-13-15-28(51(44,45)46)22-7-3-1-5-20(22)24)32(40)30(31)38-35-25-14-16-29(52(47,48)49)23-8-4-2-6-21(23)25;;;/h1-17,39-40H,(H,41,42,43)(H,44,45,46)(H,47,48,49);;;/q;3*+1/p-3. The summed E-state index contributed by atoms with van der Waals surface area (Å²) in [6.07, 6.45) is 0. The molecule has 0 radical (unpaired) electrons. The third kappa shape index (κ3) is 10.5. The fraction of sp³-hybridized carbons (Fsp3) is 0. The number of hydrogen-bond donors (Lipinski definition) is 2. The zero-order chi connectivity index (χ0) is 37.4. The second-order valence-corrected chi connectivity index (χ2v) is 14.8. The van der Waals surface area contributed by atoms with Crippen LogP contribution in [0.2, 0.25) is 0 Å². The van der Waals surface area contributed by atoms with Gasteiger partial charge >= 0.3 is 88.7 Å². The van der Waals surface area contributed by atoms with Crippen molar-refractivity contribution in [1.82, 2.24) is 0 Å². The molecule has 17 nitrogen and oxygen atoms in total. The molecule has 2 N–H and O–H groups in total. The maximum Gasteiger partial charge on any atom is 1.00 e. The quantitative estimate of drug-likeness (QED) is 0.0896. The van der Waals surface area contributed by atoms with Gasteiger partial charge in [-0.2, -0.15) is 37.3 Å². The van der Waals surface area contributed by atoms with Crippen LogP contribution < -0.4 is 98.9 Å². The van der Waals surface area contributed by atoms with Crippen LogP contribution in [0.25, 0.3) is 21.5 Å². The zero-order valence-electron chi connectivity index (χ0n) is 28.8. The molecular weight excluding hydrogens is 810 g/mol. The van der Waals surface area contributed by atoms with Crippen LogP contribution in [0.5, 0.6) is 11.5 Å². The molecule has 0 aliphatic rings. The first-order valence-electron chi connectivity index (χ1n) is 14.4. The molecule has 0 saturated carbocycles. The van der Waals surface area contributed by atoms with Gasteiger partial charge in [0.15, 0.2) is 0 Å². The van der Waals surface area contributed by atoms with Crippen LogP contribution in [0.1, 0.15) is 0 Å². The molecule has 6 rings (SSSR count). The van der Waals surface area contributed by atoms with Gasteiger partial charge in [0, 0.05) is 21.5 Å². The maximum atomic E-state index is 13.6. The Bertz CT molecular complexity index is 2860. The summed E-state index contributed by atoms with van der Waals surface area (Å²) >= 11 is 0. The van der Waals surface area contributed by atoms with Crippen LogP contribution >= 0.6 is 0 Å². The average molecular weight is 829 g/mol. The second kappa shape index (κ2) is 18.5. The molecule has 55 heavy (non-hydrogen) atoms. The Morgan fingerprint density at radius 1 is 0.455 bits per heavy atom. The van der Waals surface area contributed by atoms with Crippen LogP contribution in [0.15, 0.2) is 149 Å². The van der Waals surface area contributed by atoms with Gasteiger partial charge in [-0.25, -0.2) is 8.42 Å². The molecule has 0 aliphatic heterocycles. The van der Waals surface area contributed by atoms with Crippen molar-refractivity contribution in [1.29, 1.82) is 0 Å². The molecule has 0 spiro atoms.